The number of amides is 5. The molecule has 24 heavy (non-hydrogen) atoms. The van der Waals surface area contributed by atoms with Crippen molar-refractivity contribution in [2.45, 2.75) is 12.8 Å². The van der Waals surface area contributed by atoms with E-state index in [9.17, 15) is 19.2 Å². The summed E-state index contributed by atoms with van der Waals surface area (Å²) in [6.07, 6.45) is 0.376. The molecular weight excluding hydrogens is 336 g/mol. The van der Waals surface area contributed by atoms with E-state index < -0.39 is 11.8 Å². The van der Waals surface area contributed by atoms with E-state index in [4.69, 9.17) is 11.6 Å². The van der Waals surface area contributed by atoms with E-state index in [2.05, 4.69) is 10.9 Å². The van der Waals surface area contributed by atoms with Crippen molar-refractivity contribution in [3.05, 3.63) is 34.9 Å². The van der Waals surface area contributed by atoms with Gasteiger partial charge in [-0.2, -0.15) is 0 Å². The number of imide groups is 1. The lowest BCUT2D eigenvalue weighted by Gasteiger charge is -2.13. The van der Waals surface area contributed by atoms with Gasteiger partial charge in [0.1, 0.15) is 6.54 Å². The van der Waals surface area contributed by atoms with Gasteiger partial charge in [-0.25, -0.2) is 4.79 Å². The lowest BCUT2D eigenvalue weighted by Crippen LogP contribution is -2.42. The number of rotatable bonds is 5. The van der Waals surface area contributed by atoms with Crippen molar-refractivity contribution in [3.8, 4) is 0 Å². The topological polar surface area (TPSA) is 98.8 Å². The van der Waals surface area contributed by atoms with E-state index >= 15 is 0 Å². The second-order valence-electron chi connectivity index (χ2n) is 5.30. The maximum Gasteiger partial charge on any atom is 0.326 e. The molecule has 2 rings (SSSR count). The van der Waals surface area contributed by atoms with E-state index in [0.29, 0.717) is 17.0 Å². The molecule has 1 aliphatic rings. The minimum absolute atomic E-state index is 0.0563. The summed E-state index contributed by atoms with van der Waals surface area (Å²) in [5.41, 5.74) is 4.87. The zero-order chi connectivity index (χ0) is 17.7. The number of halogens is 1. The number of hydrazine groups is 1. The van der Waals surface area contributed by atoms with E-state index in [1.54, 1.807) is 18.2 Å². The van der Waals surface area contributed by atoms with Crippen LogP contribution in [0.25, 0.3) is 0 Å². The first-order valence-electron chi connectivity index (χ1n) is 7.28. The van der Waals surface area contributed by atoms with Gasteiger partial charge in [0.15, 0.2) is 0 Å². The smallest absolute Gasteiger partial charge is 0.318 e. The Bertz CT molecular complexity index is 679. The van der Waals surface area contributed by atoms with Crippen molar-refractivity contribution in [2.75, 3.05) is 20.1 Å². The van der Waals surface area contributed by atoms with Crippen LogP contribution in [0.1, 0.15) is 23.2 Å². The zero-order valence-electron chi connectivity index (χ0n) is 13.0. The van der Waals surface area contributed by atoms with Gasteiger partial charge >= 0.3 is 6.03 Å². The van der Waals surface area contributed by atoms with E-state index in [-0.39, 0.29) is 31.4 Å². The largest absolute Gasteiger partial charge is 0.326 e. The molecule has 1 saturated heterocycles. The van der Waals surface area contributed by atoms with Crippen molar-refractivity contribution < 1.29 is 19.2 Å². The Kier molecular flexibility index (Phi) is 5.75. The number of hydrogen-bond donors (Lipinski definition) is 2. The van der Waals surface area contributed by atoms with Crippen LogP contribution >= 0.6 is 11.6 Å². The number of likely N-dealkylation sites (N-methyl/N-ethyl adjacent to an activating group) is 1. The molecule has 5 amide bonds. The van der Waals surface area contributed by atoms with Gasteiger partial charge in [-0.1, -0.05) is 17.7 Å². The van der Waals surface area contributed by atoms with E-state index in [0.717, 1.165) is 4.90 Å². The molecule has 0 atom stereocenters. The summed E-state index contributed by atoms with van der Waals surface area (Å²) in [4.78, 5) is 49.2. The first-order chi connectivity index (χ1) is 11.4. The summed E-state index contributed by atoms with van der Waals surface area (Å²) in [6, 6.07) is 5.93. The monoisotopic (exact) mass is 352 g/mol. The first kappa shape index (κ1) is 17.7. The van der Waals surface area contributed by atoms with Crippen LogP contribution in [-0.2, 0) is 9.59 Å². The van der Waals surface area contributed by atoms with Crippen LogP contribution in [0.3, 0.4) is 0 Å². The maximum absolute atomic E-state index is 11.8. The Balaban J connectivity index is 1.71. The van der Waals surface area contributed by atoms with Gasteiger partial charge in [0.05, 0.1) is 0 Å². The van der Waals surface area contributed by atoms with Crippen molar-refractivity contribution in [1.82, 2.24) is 20.7 Å². The molecule has 1 heterocycles. The molecule has 0 radical (unpaired) electrons. The molecule has 9 heteroatoms. The van der Waals surface area contributed by atoms with Crippen molar-refractivity contribution in [3.63, 3.8) is 0 Å². The Hall–Kier alpha value is -2.61. The molecule has 1 aliphatic heterocycles. The summed E-state index contributed by atoms with van der Waals surface area (Å²) in [5.74, 6) is -1.19. The molecule has 2 N–H and O–H groups in total. The molecule has 0 aliphatic carbocycles. The molecule has 0 spiro atoms. The number of urea groups is 1. The maximum atomic E-state index is 11.8. The Morgan fingerprint density at radius 3 is 2.62 bits per heavy atom. The van der Waals surface area contributed by atoms with Crippen LogP contribution in [-0.4, -0.2) is 53.7 Å². The van der Waals surface area contributed by atoms with Crippen LogP contribution in [0.4, 0.5) is 4.79 Å². The molecule has 128 valence electrons. The fraction of sp³-hybridized carbons (Fsp3) is 0.333. The van der Waals surface area contributed by atoms with E-state index in [1.807, 2.05) is 0 Å². The average Bonchev–Trinajstić information content (AvgIpc) is 2.78. The van der Waals surface area contributed by atoms with Crippen LogP contribution in [0.5, 0.6) is 0 Å². The van der Waals surface area contributed by atoms with Gasteiger partial charge in [-0.05, 0) is 24.6 Å². The molecule has 1 aromatic carbocycles. The number of carbonyl (C=O) groups is 4. The van der Waals surface area contributed by atoms with Crippen LogP contribution in [0, 0.1) is 0 Å². The normalized spacial score (nSPS) is 14.1. The van der Waals surface area contributed by atoms with Crippen molar-refractivity contribution in [2.24, 2.45) is 0 Å². The van der Waals surface area contributed by atoms with Crippen molar-refractivity contribution >= 4 is 35.4 Å². The molecule has 1 fully saturated rings. The third-order valence-corrected chi connectivity index (χ3v) is 3.65. The Labute approximate surface area is 143 Å². The number of carbonyl (C=O) groups excluding carboxylic acids is 4. The van der Waals surface area contributed by atoms with Crippen LogP contribution in [0.2, 0.25) is 5.02 Å². The summed E-state index contributed by atoms with van der Waals surface area (Å²) >= 11 is 5.79. The molecule has 8 nitrogen and oxygen atoms in total. The molecule has 0 unspecified atom stereocenters. The van der Waals surface area contributed by atoms with Crippen molar-refractivity contribution in [1.29, 1.82) is 0 Å². The third kappa shape index (κ3) is 4.45. The highest BCUT2D eigenvalue weighted by molar-refractivity contribution is 6.30. The first-order valence-corrected chi connectivity index (χ1v) is 7.66. The zero-order valence-corrected chi connectivity index (χ0v) is 13.8. The van der Waals surface area contributed by atoms with Gasteiger partial charge in [0, 0.05) is 30.6 Å². The second-order valence-corrected chi connectivity index (χ2v) is 5.74. The minimum atomic E-state index is -0.489. The predicted octanol–water partition coefficient (Wildman–Crippen LogP) is 0.775. The Morgan fingerprint density at radius 1 is 1.25 bits per heavy atom. The standard InChI is InChI=1S/C15H17ClN4O4/c1-19-9-13(22)20(15(19)24)7-3-6-12(21)17-18-14(23)10-4-2-5-11(16)8-10/h2,4-5,8H,3,6-7,9H2,1H3,(H,17,21)(H,18,23). The average molecular weight is 353 g/mol. The number of benzene rings is 1. The summed E-state index contributed by atoms with van der Waals surface area (Å²) < 4.78 is 0. The highest BCUT2D eigenvalue weighted by Gasteiger charge is 2.32. The molecule has 1 aromatic rings. The lowest BCUT2D eigenvalue weighted by molar-refractivity contribution is -0.126. The molecule has 0 bridgehead atoms. The number of hydrogen-bond acceptors (Lipinski definition) is 4. The molecular formula is C15H17ClN4O4. The van der Waals surface area contributed by atoms with Crippen LogP contribution in [0.15, 0.2) is 24.3 Å². The Morgan fingerprint density at radius 2 is 2.00 bits per heavy atom. The van der Waals surface area contributed by atoms with Gasteiger partial charge in [-0.15, -0.1) is 0 Å². The minimum Gasteiger partial charge on any atom is -0.318 e. The molecule has 0 aromatic heterocycles. The molecule has 0 saturated carbocycles. The third-order valence-electron chi connectivity index (χ3n) is 3.42. The highest BCUT2D eigenvalue weighted by Crippen LogP contribution is 2.10. The van der Waals surface area contributed by atoms with Gasteiger partial charge in [-0.3, -0.25) is 30.1 Å². The SMILES string of the molecule is CN1CC(=O)N(CCCC(=O)NNC(=O)c2cccc(Cl)c2)C1=O. The summed E-state index contributed by atoms with van der Waals surface area (Å²) in [7, 11) is 1.54. The lowest BCUT2D eigenvalue weighted by atomic mass is 10.2. The van der Waals surface area contributed by atoms with Gasteiger partial charge in [0.25, 0.3) is 5.91 Å². The summed E-state index contributed by atoms with van der Waals surface area (Å²) in [5, 5.41) is 0.416. The van der Waals surface area contributed by atoms with Gasteiger partial charge in [0.2, 0.25) is 11.8 Å². The number of nitrogens with zero attached hydrogens (tertiary/aromatic N) is 2. The quantitative estimate of drug-likeness (QED) is 0.604. The highest BCUT2D eigenvalue weighted by atomic mass is 35.5. The van der Waals surface area contributed by atoms with E-state index in [1.165, 1.54) is 18.0 Å². The fourth-order valence-electron chi connectivity index (χ4n) is 2.18. The summed E-state index contributed by atoms with van der Waals surface area (Å²) in [6.45, 7) is 0.221. The van der Waals surface area contributed by atoms with Gasteiger partial charge < -0.3 is 4.90 Å². The predicted molar refractivity (Wildman–Crippen MR) is 86.0 cm³/mol. The second kappa shape index (κ2) is 7.78. The number of nitrogens with one attached hydrogen (secondary N) is 2. The van der Waals surface area contributed by atoms with Crippen LogP contribution < -0.4 is 10.9 Å². The fourth-order valence-corrected chi connectivity index (χ4v) is 2.37.